The second kappa shape index (κ2) is 33.0. The summed E-state index contributed by atoms with van der Waals surface area (Å²) < 4.78 is 0. The van der Waals surface area contributed by atoms with Crippen molar-refractivity contribution >= 4 is 112 Å². The second-order valence-electron chi connectivity index (χ2n) is 0.101. The molecule has 0 saturated carbocycles. The molecule has 0 aliphatic heterocycles. The Morgan fingerprint density at radius 3 is 0.857 bits per heavy atom. The molecule has 0 spiro atoms. The molecular formula is H8Ca2Cl2MgO2. The first kappa shape index (κ1) is 30.9. The molecule has 0 rings (SSSR count). The molecule has 0 fully saturated rings. The van der Waals surface area contributed by atoms with Gasteiger partial charge in [0.15, 0.2) is 0 Å². The van der Waals surface area contributed by atoms with Gasteiger partial charge in [-0.1, -0.05) is 0 Å². The van der Waals surface area contributed by atoms with Crippen LogP contribution in [0.1, 0.15) is 0 Å². The van der Waals surface area contributed by atoms with Gasteiger partial charge >= 0.3 is 93.6 Å². The molecule has 0 aromatic rings. The predicted octanol–water partition coefficient (Wildman–Crippen LogP) is -2.48. The number of halogens is 2. The molecule has 0 aliphatic carbocycles. The molecule has 4 N–H and O–H groups in total. The minimum atomic E-state index is -0.639. The minimum absolute atomic E-state index is 0. The Hall–Kier alpha value is 3.79. The maximum atomic E-state index is 4.90. The smallest absolute Gasteiger partial charge is 0.309 e. The van der Waals surface area contributed by atoms with Crippen LogP contribution < -0.4 is 0 Å². The Balaban J connectivity index is -0.00000000333. The van der Waals surface area contributed by atoms with Crippen molar-refractivity contribution in [1.29, 1.82) is 0 Å². The van der Waals surface area contributed by atoms with Gasteiger partial charge in [0.25, 0.3) is 0 Å². The van der Waals surface area contributed by atoms with E-state index < -0.39 is 18.2 Å². The molecular weight excluding hydrogens is 207 g/mol. The summed E-state index contributed by atoms with van der Waals surface area (Å²) in [5.74, 6) is 0. The summed E-state index contributed by atoms with van der Waals surface area (Å²) in [6.07, 6.45) is 0. The topological polar surface area (TPSA) is 63.0 Å². The third-order valence-electron chi connectivity index (χ3n) is 0. The van der Waals surface area contributed by atoms with Crippen molar-refractivity contribution in [3.8, 4) is 0 Å². The van der Waals surface area contributed by atoms with Gasteiger partial charge in [0.2, 0.25) is 0 Å². The van der Waals surface area contributed by atoms with E-state index in [1.807, 2.05) is 0 Å². The van der Waals surface area contributed by atoms with Gasteiger partial charge < -0.3 is 29.1 Å². The zero-order chi connectivity index (χ0) is 2.71. The summed E-state index contributed by atoms with van der Waals surface area (Å²) in [5, 5.41) is 0. The summed E-state index contributed by atoms with van der Waals surface area (Å²) in [4.78, 5) is 0. The maximum Gasteiger partial charge on any atom is 0.618 e. The van der Waals surface area contributed by atoms with Gasteiger partial charge in [-0.25, -0.2) is 0 Å². The van der Waals surface area contributed by atoms with Gasteiger partial charge in [0, 0.05) is 0 Å². The zero-order valence-electron chi connectivity index (χ0n) is 2.46. The van der Waals surface area contributed by atoms with E-state index in [1.165, 1.54) is 0 Å². The molecule has 0 aromatic heterocycles. The van der Waals surface area contributed by atoms with Crippen molar-refractivity contribution in [2.24, 2.45) is 0 Å². The second-order valence-corrected chi connectivity index (χ2v) is 2.73. The predicted molar refractivity (Wildman–Crippen MR) is 41.8 cm³/mol. The van der Waals surface area contributed by atoms with Crippen LogP contribution in [0, 0.1) is 0 Å². The fourth-order valence-electron chi connectivity index (χ4n) is 0. The molecule has 0 radical (unpaired) electrons. The van der Waals surface area contributed by atoms with E-state index in [1.54, 1.807) is 0 Å². The summed E-state index contributed by atoms with van der Waals surface area (Å²) in [6, 6.07) is 0. The third-order valence-corrected chi connectivity index (χ3v) is 0. The normalized spacial score (nSPS) is 1.43. The van der Waals surface area contributed by atoms with E-state index in [9.17, 15) is 0 Å². The number of hydrogen-bond donors (Lipinski definition) is 0. The van der Waals surface area contributed by atoms with Gasteiger partial charge in [0.05, 0.1) is 0 Å². The molecule has 2 nitrogen and oxygen atoms in total. The van der Waals surface area contributed by atoms with Crippen molar-refractivity contribution in [3.05, 3.63) is 0 Å². The van der Waals surface area contributed by atoms with Crippen molar-refractivity contribution < 1.29 is 11.0 Å². The van der Waals surface area contributed by atoms with Crippen LogP contribution in [-0.4, -0.2) is 105 Å². The largest absolute Gasteiger partial charge is 0.618 e. The summed E-state index contributed by atoms with van der Waals surface area (Å²) >= 11 is -0.639. The number of hydrogen-bond acceptors (Lipinski definition) is 0. The average molecular weight is 215 g/mol. The Morgan fingerprint density at radius 1 is 0.857 bits per heavy atom. The van der Waals surface area contributed by atoms with Crippen molar-refractivity contribution in [2.75, 3.05) is 0 Å². The summed E-state index contributed by atoms with van der Waals surface area (Å²) in [6.45, 7) is 0. The number of rotatable bonds is 0. The summed E-state index contributed by atoms with van der Waals surface area (Å²) in [5.41, 5.74) is 0. The first-order chi connectivity index (χ1) is 1.41. The van der Waals surface area contributed by atoms with Crippen LogP contribution in [0.25, 0.3) is 0 Å². The van der Waals surface area contributed by atoms with Gasteiger partial charge in [-0.3, -0.25) is 0 Å². The standard InChI is InChI=1S/2Ca.2ClH.Mg.2H2O.4H/h;;2*1H;;2*1H2;;;;/q;;;;+2;;;;;;/p-2. The third kappa shape index (κ3) is 41.4. The van der Waals surface area contributed by atoms with E-state index in [0.717, 1.165) is 0 Å². The Labute approximate surface area is 120 Å². The van der Waals surface area contributed by atoms with Gasteiger partial charge in [-0.15, -0.1) is 0 Å². The Bertz CT molecular complexity index is 13.7. The van der Waals surface area contributed by atoms with Gasteiger partial charge in [-0.2, -0.15) is 0 Å². The van der Waals surface area contributed by atoms with E-state index in [0.29, 0.717) is 0 Å². The fourth-order valence-corrected chi connectivity index (χ4v) is 0. The van der Waals surface area contributed by atoms with Crippen LogP contribution in [0.5, 0.6) is 0 Å². The fraction of sp³-hybridized carbons (Fsp3) is 0. The molecule has 0 atom stereocenters. The van der Waals surface area contributed by atoms with E-state index in [-0.39, 0.29) is 86.4 Å². The van der Waals surface area contributed by atoms with Crippen LogP contribution in [0.3, 0.4) is 0 Å². The van der Waals surface area contributed by atoms with E-state index in [4.69, 9.17) is 18.1 Å². The molecule has 7 heavy (non-hydrogen) atoms. The van der Waals surface area contributed by atoms with E-state index >= 15 is 0 Å². The molecule has 0 aliphatic rings. The molecule has 0 heterocycles. The molecule has 0 saturated heterocycles. The maximum absolute atomic E-state index is 4.90. The van der Waals surface area contributed by atoms with Crippen molar-refractivity contribution in [3.63, 3.8) is 0 Å². The van der Waals surface area contributed by atoms with E-state index in [2.05, 4.69) is 0 Å². The first-order valence-electron chi connectivity index (χ1n) is 0.535. The molecule has 0 bridgehead atoms. The minimum Gasteiger partial charge on any atom is -0.309 e. The van der Waals surface area contributed by atoms with Gasteiger partial charge in [-0.05, 0) is 0 Å². The SMILES string of the molecule is O.O.[CaH2].[CaH2].[Cl][Mg][Cl]. The van der Waals surface area contributed by atoms with Crippen molar-refractivity contribution in [2.45, 2.75) is 0 Å². The Morgan fingerprint density at radius 2 is 0.857 bits per heavy atom. The Kier molecular flexibility index (Phi) is 145. The first-order valence-corrected chi connectivity index (χ1v) is 4.81. The monoisotopic (exact) mass is 214 g/mol. The van der Waals surface area contributed by atoms with Crippen LogP contribution in [0.4, 0.5) is 0 Å². The molecule has 0 unspecified atom stereocenters. The van der Waals surface area contributed by atoms with Crippen LogP contribution in [0.2, 0.25) is 0 Å². The molecule has 7 heteroatoms. The molecule has 0 amide bonds. The van der Waals surface area contributed by atoms with Crippen LogP contribution in [-0.2, 0) is 0 Å². The quantitative estimate of drug-likeness (QED) is 0.402. The molecule has 0 aromatic carbocycles. The zero-order valence-corrected chi connectivity index (χ0v) is 5.39. The van der Waals surface area contributed by atoms with Crippen LogP contribution >= 0.6 is 18.1 Å². The van der Waals surface area contributed by atoms with Gasteiger partial charge in [0.1, 0.15) is 0 Å². The van der Waals surface area contributed by atoms with Crippen molar-refractivity contribution in [1.82, 2.24) is 0 Å². The van der Waals surface area contributed by atoms with Crippen LogP contribution in [0.15, 0.2) is 0 Å². The summed E-state index contributed by atoms with van der Waals surface area (Å²) in [7, 11) is 9.81. The average Bonchev–Trinajstić information content (AvgIpc) is 0.918. The molecule has 40 valence electrons.